The largest absolute Gasteiger partial charge is 0.378 e. The lowest BCUT2D eigenvalue weighted by atomic mass is 9.89. The van der Waals surface area contributed by atoms with Crippen LogP contribution in [0.3, 0.4) is 0 Å². The maximum absolute atomic E-state index is 10.8. The minimum absolute atomic E-state index is 0.0680. The quantitative estimate of drug-likeness (QED) is 0.206. The number of nitro groups is 1. The number of morpholine rings is 1. The molecule has 3 N–H and O–H groups in total. The topological polar surface area (TPSA) is 174 Å². The summed E-state index contributed by atoms with van der Waals surface area (Å²) in [6.07, 6.45) is 9.66. The van der Waals surface area contributed by atoms with E-state index < -0.39 is 4.92 Å². The zero-order valence-corrected chi connectivity index (χ0v) is 27.2. The Bertz CT molecular complexity index is 1530. The Labute approximate surface area is 274 Å². The number of nitrogens with one attached hydrogen (secondary N) is 3. The van der Waals surface area contributed by atoms with Crippen LogP contribution in [0.4, 0.5) is 11.4 Å². The highest BCUT2D eigenvalue weighted by Gasteiger charge is 2.31. The number of aromatic nitrogens is 3. The number of pyridine rings is 1. The van der Waals surface area contributed by atoms with Crippen LogP contribution in [0.5, 0.6) is 0 Å². The van der Waals surface area contributed by atoms with Crippen molar-refractivity contribution in [2.24, 2.45) is 0 Å². The minimum atomic E-state index is -0.611. The number of hydrogen-bond acceptors (Lipinski definition) is 13. The molecular formula is C33H44N10O4. The molecule has 0 unspecified atom stereocenters. The predicted octanol–water partition coefficient (Wildman–Crippen LogP) is 4.24. The van der Waals surface area contributed by atoms with Crippen LogP contribution in [-0.4, -0.2) is 102 Å². The highest BCUT2D eigenvalue weighted by molar-refractivity contribution is 6.51. The summed E-state index contributed by atoms with van der Waals surface area (Å²) >= 11 is 0. The lowest BCUT2D eigenvalue weighted by molar-refractivity contribution is -0.414. The molecule has 0 amide bonds. The Kier molecular flexibility index (Phi) is 11.6. The second-order valence-corrected chi connectivity index (χ2v) is 11.8. The minimum Gasteiger partial charge on any atom is -0.378 e. The number of fused-ring (bicyclic) bond motifs is 1. The molecule has 5 heterocycles. The molecule has 3 fully saturated rings. The summed E-state index contributed by atoms with van der Waals surface area (Å²) in [5.74, 6) is 0.469. The van der Waals surface area contributed by atoms with E-state index in [4.69, 9.17) is 20.2 Å². The van der Waals surface area contributed by atoms with Gasteiger partial charge in [0.05, 0.1) is 35.2 Å². The van der Waals surface area contributed by atoms with E-state index >= 15 is 0 Å². The van der Waals surface area contributed by atoms with Gasteiger partial charge < -0.3 is 24.8 Å². The fourth-order valence-electron chi connectivity index (χ4n) is 6.15. The van der Waals surface area contributed by atoms with Gasteiger partial charge in [0.2, 0.25) is 0 Å². The van der Waals surface area contributed by atoms with E-state index in [2.05, 4.69) is 56.4 Å². The number of allylic oxidation sites excluding steroid dienone is 4. The Morgan fingerprint density at radius 3 is 2.00 bits per heavy atom. The molecule has 3 saturated heterocycles. The molecule has 47 heavy (non-hydrogen) atoms. The number of piperidine rings is 1. The Morgan fingerprint density at radius 1 is 0.851 bits per heavy atom. The number of ether oxygens (including phenoxy) is 1. The van der Waals surface area contributed by atoms with Crippen molar-refractivity contribution in [2.75, 3.05) is 75.4 Å². The summed E-state index contributed by atoms with van der Waals surface area (Å²) in [6.45, 7) is 13.0. The van der Waals surface area contributed by atoms with E-state index in [9.17, 15) is 10.1 Å². The van der Waals surface area contributed by atoms with E-state index in [1.165, 1.54) is 18.1 Å². The normalized spacial score (nSPS) is 18.9. The number of anilines is 2. The van der Waals surface area contributed by atoms with Crippen molar-refractivity contribution in [2.45, 2.75) is 39.0 Å². The molecule has 7 rings (SSSR count). The lowest BCUT2D eigenvalue weighted by Gasteiger charge is -2.35. The van der Waals surface area contributed by atoms with Gasteiger partial charge in [0, 0.05) is 70.8 Å². The van der Waals surface area contributed by atoms with Gasteiger partial charge in [-0.2, -0.15) is 0 Å². The van der Waals surface area contributed by atoms with Gasteiger partial charge in [0.1, 0.15) is 5.71 Å². The van der Waals surface area contributed by atoms with Crippen molar-refractivity contribution in [1.29, 1.82) is 10.8 Å². The zero-order chi connectivity index (χ0) is 33.2. The van der Waals surface area contributed by atoms with Crippen LogP contribution in [0, 0.1) is 20.9 Å². The monoisotopic (exact) mass is 644 g/mol. The average Bonchev–Trinajstić information content (AvgIpc) is 3.61. The van der Waals surface area contributed by atoms with Crippen LogP contribution >= 0.6 is 0 Å². The second-order valence-electron chi connectivity index (χ2n) is 11.8. The molecule has 4 aliphatic rings. The third-order valence-electron chi connectivity index (χ3n) is 8.55. The maximum atomic E-state index is 10.8. The summed E-state index contributed by atoms with van der Waals surface area (Å²) in [5.41, 5.74) is 5.10. The van der Waals surface area contributed by atoms with Crippen LogP contribution in [0.2, 0.25) is 0 Å². The number of nitrogens with zero attached hydrogens (tertiary/aromatic N) is 7. The van der Waals surface area contributed by atoms with Crippen LogP contribution in [0.25, 0.3) is 11.0 Å². The molecular weight excluding hydrogens is 600 g/mol. The molecule has 3 aliphatic heterocycles. The van der Waals surface area contributed by atoms with E-state index in [1.54, 1.807) is 18.5 Å². The summed E-state index contributed by atoms with van der Waals surface area (Å²) in [6, 6.07) is 8.34. The van der Waals surface area contributed by atoms with Crippen molar-refractivity contribution in [3.63, 3.8) is 0 Å². The molecule has 1 aromatic carbocycles. The number of likely N-dealkylation sites (tertiary alicyclic amines) is 1. The van der Waals surface area contributed by atoms with Crippen LogP contribution < -0.4 is 15.1 Å². The Hall–Kier alpha value is -4.69. The molecule has 0 saturated carbocycles. The molecule has 0 spiro atoms. The first-order chi connectivity index (χ1) is 22.9. The van der Waals surface area contributed by atoms with Crippen molar-refractivity contribution in [1.82, 2.24) is 25.5 Å². The van der Waals surface area contributed by atoms with Gasteiger partial charge in [0.25, 0.3) is 5.70 Å². The summed E-state index contributed by atoms with van der Waals surface area (Å²) in [7, 11) is 0. The molecule has 2 aromatic heterocycles. The van der Waals surface area contributed by atoms with Crippen molar-refractivity contribution in [3.8, 4) is 0 Å². The van der Waals surface area contributed by atoms with Crippen molar-refractivity contribution >= 4 is 33.8 Å². The summed E-state index contributed by atoms with van der Waals surface area (Å²) < 4.78 is 10.4. The van der Waals surface area contributed by atoms with Crippen LogP contribution in [-0.2, 0) is 4.74 Å². The fraction of sp³-hybridized carbons (Fsp3) is 0.485. The predicted molar refractivity (Wildman–Crippen MR) is 182 cm³/mol. The molecule has 250 valence electrons. The number of piperazine rings is 1. The Balaban J connectivity index is 0.000000171. The second kappa shape index (κ2) is 16.2. The number of rotatable bonds is 5. The average molecular weight is 645 g/mol. The van der Waals surface area contributed by atoms with E-state index in [0.29, 0.717) is 11.6 Å². The first kappa shape index (κ1) is 33.7. The molecule has 1 aliphatic carbocycles. The maximum Gasteiger partial charge on any atom is 0.296 e. The lowest BCUT2D eigenvalue weighted by Crippen LogP contribution is -2.43. The standard InChI is InChI=1S/C16H17N5O2.C14H19N5O2.C3H8/c17-15-13(1-2-14(16(15)18)21(22)23)20-9-5-12(6-10-20)11-3-7-19-8-4-11;1-2-12(19-7-9-20-10-8-19)14-13(16-21-17-14)11(1)18-5-3-15-4-6-18;1-3-2/h1-4,7-8,12,17-18H,5-6,9-10H2;1-2,15H,3-10H2;3H2,1-2H3. The first-order valence-corrected chi connectivity index (χ1v) is 16.4. The van der Waals surface area contributed by atoms with E-state index in [0.717, 1.165) is 101 Å². The van der Waals surface area contributed by atoms with Gasteiger partial charge in [-0.1, -0.05) is 20.3 Å². The molecule has 14 heteroatoms. The number of hydrogen-bond donors (Lipinski definition) is 3. The summed E-state index contributed by atoms with van der Waals surface area (Å²) in [5, 5.41) is 38.3. The van der Waals surface area contributed by atoms with Gasteiger partial charge in [-0.25, -0.2) is 4.63 Å². The van der Waals surface area contributed by atoms with E-state index in [-0.39, 0.29) is 17.1 Å². The number of benzene rings is 1. The zero-order valence-electron chi connectivity index (χ0n) is 27.2. The Morgan fingerprint density at radius 2 is 1.43 bits per heavy atom. The van der Waals surface area contributed by atoms with Crippen molar-refractivity contribution in [3.05, 3.63) is 75.9 Å². The highest BCUT2D eigenvalue weighted by Crippen LogP contribution is 2.33. The van der Waals surface area contributed by atoms with E-state index in [1.807, 2.05) is 17.0 Å². The van der Waals surface area contributed by atoms with Gasteiger partial charge >= 0.3 is 0 Å². The van der Waals surface area contributed by atoms with Crippen LogP contribution in [0.15, 0.2) is 64.8 Å². The molecule has 0 bridgehead atoms. The third-order valence-corrected chi connectivity index (χ3v) is 8.55. The van der Waals surface area contributed by atoms with Gasteiger partial charge in [-0.3, -0.25) is 25.9 Å². The van der Waals surface area contributed by atoms with Gasteiger partial charge in [0.15, 0.2) is 16.7 Å². The molecule has 0 atom stereocenters. The summed E-state index contributed by atoms with van der Waals surface area (Å²) in [4.78, 5) is 20.9. The molecule has 3 aromatic rings. The van der Waals surface area contributed by atoms with Crippen molar-refractivity contribution < 1.29 is 14.3 Å². The highest BCUT2D eigenvalue weighted by atomic mass is 16.6. The third kappa shape index (κ3) is 8.00. The fourth-order valence-corrected chi connectivity index (χ4v) is 6.15. The van der Waals surface area contributed by atoms with Gasteiger partial charge in [-0.05, 0) is 65.0 Å². The first-order valence-electron chi connectivity index (χ1n) is 16.4. The van der Waals surface area contributed by atoms with Crippen LogP contribution in [0.1, 0.15) is 44.6 Å². The smallest absolute Gasteiger partial charge is 0.296 e. The SMILES string of the molecule is CCC.N=C1C(=N)C([N+](=O)[O-])=CC=C1N1CCC(c2ccncc2)CC1.c1cc(N2CCOCC2)c2nonc2c1N1CCNCC1. The van der Waals surface area contributed by atoms with Gasteiger partial charge in [-0.15, -0.1) is 0 Å². The molecule has 14 nitrogen and oxygen atoms in total. The molecule has 0 radical (unpaired) electrons.